The molecule has 12 nitrogen and oxygen atoms in total. The van der Waals surface area contributed by atoms with Crippen LogP contribution in [0.4, 0.5) is 14.9 Å². The average Bonchev–Trinajstić information content (AvgIpc) is 3.76. The SMILES string of the molecule is CC(C)(C)C=O.CCC(C=O)CCCC(CF)NC(=O)OC(C)(C)C.CN1CCC(C2CCCCC2)C1C(=O)Nc1ccc2oc(C=O)cc2c1.COCOC. The standard InChI is InChI=1S/C21H26N2O3.C14H26FNO3.C5H10O.C3H8O2/c1-23-10-9-18(14-5-3-2-4-6-14)20(23)21(25)22-16-7-8-19-15(11-16)12-17(13-24)26-19;1-5-11(10-17)7-6-8-12(9-15)16-13(18)19-14(2,3)4;1-5(2,3)4-6;1-4-3-5-2/h7-8,11-14,18,20H,2-6,9-10H2,1H3,(H,22,25);10-12H,5-9H2,1-4H3,(H,16,18);4H,1-3H3;3H2,1-2H3. The maximum atomic E-state index is 13.0. The lowest BCUT2D eigenvalue weighted by molar-refractivity contribution is -0.121. The van der Waals surface area contributed by atoms with Crippen molar-refractivity contribution in [3.63, 3.8) is 0 Å². The third-order valence-corrected chi connectivity index (χ3v) is 9.48. The van der Waals surface area contributed by atoms with E-state index in [1.807, 2.05) is 39.8 Å². The minimum atomic E-state index is -0.628. The van der Waals surface area contributed by atoms with Crippen molar-refractivity contribution in [2.24, 2.45) is 23.2 Å². The molecule has 1 aliphatic carbocycles. The fourth-order valence-corrected chi connectivity index (χ4v) is 6.62. The molecule has 1 aromatic carbocycles. The van der Waals surface area contributed by atoms with Crippen LogP contribution in [0, 0.1) is 23.2 Å². The first-order chi connectivity index (χ1) is 26.4. The third kappa shape index (κ3) is 20.0. The first kappa shape index (κ1) is 50.3. The predicted molar refractivity (Wildman–Crippen MR) is 219 cm³/mol. The van der Waals surface area contributed by atoms with Crippen molar-refractivity contribution in [3.8, 4) is 0 Å². The number of halogens is 1. The molecule has 318 valence electrons. The summed E-state index contributed by atoms with van der Waals surface area (Å²) >= 11 is 0. The molecule has 56 heavy (non-hydrogen) atoms. The largest absolute Gasteiger partial charge is 0.453 e. The van der Waals surface area contributed by atoms with Crippen molar-refractivity contribution in [3.05, 3.63) is 30.0 Å². The maximum Gasteiger partial charge on any atom is 0.407 e. The quantitative estimate of drug-likeness (QED) is 0.140. The summed E-state index contributed by atoms with van der Waals surface area (Å²) in [6.07, 6.45) is 12.3. The molecule has 0 bridgehead atoms. The van der Waals surface area contributed by atoms with E-state index in [2.05, 4.69) is 32.1 Å². The Morgan fingerprint density at radius 3 is 2.12 bits per heavy atom. The molecular weight excluding hydrogens is 721 g/mol. The Morgan fingerprint density at radius 1 is 0.982 bits per heavy atom. The molecule has 4 unspecified atom stereocenters. The number of carbonyl (C=O) groups is 5. The van der Waals surface area contributed by atoms with Crippen LogP contribution in [0.3, 0.4) is 0 Å². The monoisotopic (exact) mass is 792 g/mol. The highest BCUT2D eigenvalue weighted by molar-refractivity contribution is 5.97. The van der Waals surface area contributed by atoms with E-state index < -0.39 is 24.4 Å². The molecule has 2 amide bonds. The summed E-state index contributed by atoms with van der Waals surface area (Å²) in [4.78, 5) is 58.1. The number of methoxy groups -OCH3 is 2. The number of hydrogen-bond donors (Lipinski definition) is 2. The molecule has 1 saturated carbocycles. The fourth-order valence-electron chi connectivity index (χ4n) is 6.62. The molecule has 1 saturated heterocycles. The van der Waals surface area contributed by atoms with E-state index >= 15 is 0 Å². The van der Waals surface area contributed by atoms with Gasteiger partial charge in [0.15, 0.2) is 12.0 Å². The number of likely N-dealkylation sites (N-methyl/N-ethyl adjacent to an activating group) is 1. The van der Waals surface area contributed by atoms with Crippen molar-refractivity contribution in [2.75, 3.05) is 46.6 Å². The van der Waals surface area contributed by atoms with Gasteiger partial charge in [0.1, 0.15) is 37.2 Å². The van der Waals surface area contributed by atoms with Gasteiger partial charge in [0.2, 0.25) is 5.91 Å². The lowest BCUT2D eigenvalue weighted by atomic mass is 9.76. The lowest BCUT2D eigenvalue weighted by Gasteiger charge is -2.32. The predicted octanol–water partition coefficient (Wildman–Crippen LogP) is 8.80. The van der Waals surface area contributed by atoms with Gasteiger partial charge in [0, 0.05) is 36.6 Å². The van der Waals surface area contributed by atoms with Crippen LogP contribution in [0.15, 0.2) is 28.7 Å². The summed E-state index contributed by atoms with van der Waals surface area (Å²) in [7, 11) is 5.23. The Balaban J connectivity index is 0.000000457. The molecule has 2 fully saturated rings. The highest BCUT2D eigenvalue weighted by Crippen LogP contribution is 2.39. The molecule has 1 aliphatic heterocycles. The number of fused-ring (bicyclic) bond motifs is 1. The number of hydrogen-bond acceptors (Lipinski definition) is 10. The van der Waals surface area contributed by atoms with Crippen molar-refractivity contribution in [2.45, 2.75) is 130 Å². The van der Waals surface area contributed by atoms with Crippen LogP contribution in [-0.4, -0.2) is 94.7 Å². The zero-order valence-electron chi connectivity index (χ0n) is 35.6. The summed E-state index contributed by atoms with van der Waals surface area (Å²) in [5, 5.41) is 6.43. The molecule has 2 heterocycles. The second kappa shape index (κ2) is 26.3. The van der Waals surface area contributed by atoms with E-state index in [1.54, 1.807) is 47.1 Å². The second-order valence-electron chi connectivity index (χ2n) is 16.7. The number of rotatable bonds is 14. The summed E-state index contributed by atoms with van der Waals surface area (Å²) in [6.45, 7) is 13.6. The van der Waals surface area contributed by atoms with E-state index in [0.717, 1.165) is 49.5 Å². The van der Waals surface area contributed by atoms with E-state index in [1.165, 1.54) is 32.1 Å². The first-order valence-corrected chi connectivity index (χ1v) is 19.9. The van der Waals surface area contributed by atoms with Gasteiger partial charge in [-0.15, -0.1) is 0 Å². The van der Waals surface area contributed by atoms with E-state index in [4.69, 9.17) is 9.15 Å². The third-order valence-electron chi connectivity index (χ3n) is 9.48. The molecule has 4 atom stereocenters. The van der Waals surface area contributed by atoms with Gasteiger partial charge in [-0.3, -0.25) is 14.5 Å². The number of alkyl halides is 1. The number of furan rings is 1. The van der Waals surface area contributed by atoms with E-state index in [9.17, 15) is 28.4 Å². The van der Waals surface area contributed by atoms with Crippen LogP contribution in [-0.2, 0) is 28.6 Å². The number of amides is 2. The Labute approximate surface area is 334 Å². The number of alkyl carbamates (subject to hydrolysis) is 1. The zero-order chi connectivity index (χ0) is 42.3. The summed E-state index contributed by atoms with van der Waals surface area (Å²) in [5.74, 6) is 1.55. The van der Waals surface area contributed by atoms with Crippen molar-refractivity contribution >= 4 is 47.5 Å². The molecule has 0 radical (unpaired) electrons. The molecule has 1 aromatic heterocycles. The number of nitrogens with one attached hydrogen (secondary N) is 2. The normalized spacial score (nSPS) is 18.4. The minimum Gasteiger partial charge on any atom is -0.453 e. The lowest BCUT2D eigenvalue weighted by Crippen LogP contribution is -2.43. The minimum absolute atomic E-state index is 0.0294. The van der Waals surface area contributed by atoms with Crippen molar-refractivity contribution in [1.82, 2.24) is 10.2 Å². The molecule has 4 rings (SSSR count). The van der Waals surface area contributed by atoms with Crippen LogP contribution >= 0.6 is 0 Å². The molecule has 13 heteroatoms. The van der Waals surface area contributed by atoms with Crippen LogP contribution in [0.25, 0.3) is 11.0 Å². The van der Waals surface area contributed by atoms with E-state index in [-0.39, 0.29) is 23.3 Å². The molecule has 2 aromatic rings. The van der Waals surface area contributed by atoms with Gasteiger partial charge in [-0.05, 0) is 96.1 Å². The molecule has 2 aliphatic rings. The second-order valence-corrected chi connectivity index (χ2v) is 16.7. The number of aldehydes is 3. The van der Waals surface area contributed by atoms with Crippen LogP contribution in [0.1, 0.15) is 123 Å². The van der Waals surface area contributed by atoms with Gasteiger partial charge in [-0.2, -0.15) is 0 Å². The number of benzene rings is 1. The van der Waals surface area contributed by atoms with Gasteiger partial charge >= 0.3 is 6.09 Å². The maximum absolute atomic E-state index is 13.0. The highest BCUT2D eigenvalue weighted by atomic mass is 19.1. The topological polar surface area (TPSA) is 153 Å². The number of carbonyl (C=O) groups excluding carboxylic acids is 5. The van der Waals surface area contributed by atoms with Crippen molar-refractivity contribution < 1.29 is 47.0 Å². The van der Waals surface area contributed by atoms with E-state index in [0.29, 0.717) is 49.1 Å². The van der Waals surface area contributed by atoms with Crippen LogP contribution in [0.2, 0.25) is 0 Å². The Hall–Kier alpha value is -3.68. The molecule has 0 spiro atoms. The smallest absolute Gasteiger partial charge is 0.407 e. The van der Waals surface area contributed by atoms with Crippen LogP contribution < -0.4 is 10.6 Å². The first-order valence-electron chi connectivity index (χ1n) is 19.9. The van der Waals surface area contributed by atoms with Gasteiger partial charge in [-0.25, -0.2) is 9.18 Å². The molecule has 2 N–H and O–H groups in total. The van der Waals surface area contributed by atoms with Gasteiger partial charge in [0.05, 0.1) is 12.1 Å². The number of ether oxygens (including phenoxy) is 3. The Kier molecular flexibility index (Phi) is 23.6. The summed E-state index contributed by atoms with van der Waals surface area (Å²) in [5.41, 5.74) is 0.682. The van der Waals surface area contributed by atoms with Gasteiger partial charge in [0.25, 0.3) is 0 Å². The number of nitrogens with zero attached hydrogens (tertiary/aromatic N) is 1. The number of anilines is 1. The molecular formula is C43H70FN3O9. The zero-order valence-corrected chi connectivity index (χ0v) is 35.6. The fraction of sp³-hybridized carbons (Fsp3) is 0.698. The Morgan fingerprint density at radius 2 is 1.62 bits per heavy atom. The summed E-state index contributed by atoms with van der Waals surface area (Å²) < 4.78 is 32.2. The highest BCUT2D eigenvalue weighted by Gasteiger charge is 2.41. The Bertz CT molecular complexity index is 1440. The van der Waals surface area contributed by atoms with Gasteiger partial charge < -0.3 is 38.9 Å². The van der Waals surface area contributed by atoms with Crippen molar-refractivity contribution in [1.29, 1.82) is 0 Å². The van der Waals surface area contributed by atoms with Crippen LogP contribution in [0.5, 0.6) is 0 Å². The number of likely N-dealkylation sites (tertiary alicyclic amines) is 1. The van der Waals surface area contributed by atoms with Gasteiger partial charge in [-0.1, -0.05) is 66.2 Å². The average molecular weight is 792 g/mol. The summed E-state index contributed by atoms with van der Waals surface area (Å²) in [6, 6.07) is 6.61.